The Hall–Kier alpha value is -3.54. The fourth-order valence-electron chi connectivity index (χ4n) is 3.82. The summed E-state index contributed by atoms with van der Waals surface area (Å²) in [5.74, 6) is -0.768. The third kappa shape index (κ3) is 4.22. The second-order valence-corrected chi connectivity index (χ2v) is 7.49. The number of amides is 2. The van der Waals surface area contributed by atoms with Gasteiger partial charge in [-0.25, -0.2) is 4.39 Å². The van der Waals surface area contributed by atoms with Gasteiger partial charge in [0.1, 0.15) is 5.82 Å². The molecule has 2 aromatic carbocycles. The fourth-order valence-corrected chi connectivity index (χ4v) is 3.82. The normalized spacial score (nSPS) is 16.3. The van der Waals surface area contributed by atoms with E-state index in [1.165, 1.54) is 24.3 Å². The Balaban J connectivity index is 1.52. The SMILES string of the molecule is NC(=O)c1ccc(-c2cccc([C@@H]3CCCN(C(=O)c4ccc(F)cc4)C3)n2)cc1. The van der Waals surface area contributed by atoms with Crippen LogP contribution in [0.1, 0.15) is 45.2 Å². The maximum absolute atomic E-state index is 13.2. The van der Waals surface area contributed by atoms with E-state index in [0.29, 0.717) is 24.2 Å². The molecular formula is C24H22FN3O2. The second kappa shape index (κ2) is 8.45. The highest BCUT2D eigenvalue weighted by molar-refractivity contribution is 5.94. The Morgan fingerprint density at radius 1 is 0.967 bits per heavy atom. The van der Waals surface area contributed by atoms with Crippen molar-refractivity contribution in [1.29, 1.82) is 0 Å². The molecule has 0 bridgehead atoms. The minimum Gasteiger partial charge on any atom is -0.366 e. The predicted molar refractivity (Wildman–Crippen MR) is 112 cm³/mol. The quantitative estimate of drug-likeness (QED) is 0.715. The lowest BCUT2D eigenvalue weighted by Crippen LogP contribution is -2.39. The van der Waals surface area contributed by atoms with E-state index in [4.69, 9.17) is 10.7 Å². The van der Waals surface area contributed by atoms with Crippen molar-refractivity contribution in [3.8, 4) is 11.3 Å². The van der Waals surface area contributed by atoms with E-state index < -0.39 is 5.91 Å². The van der Waals surface area contributed by atoms with Crippen molar-refractivity contribution in [2.75, 3.05) is 13.1 Å². The third-order valence-corrected chi connectivity index (χ3v) is 5.45. The number of pyridine rings is 1. The van der Waals surface area contributed by atoms with Gasteiger partial charge in [-0.05, 0) is 61.4 Å². The standard InChI is InChI=1S/C24H22FN3O2/c25-20-12-10-18(11-13-20)24(30)28-14-2-3-19(15-28)22-5-1-4-21(27-22)16-6-8-17(9-7-16)23(26)29/h1,4-13,19H,2-3,14-15H2,(H2,26,29)/t19-/m1/s1. The van der Waals surface area contributed by atoms with Crippen LogP contribution in [-0.2, 0) is 0 Å². The molecule has 0 aliphatic carbocycles. The number of likely N-dealkylation sites (tertiary alicyclic amines) is 1. The van der Waals surface area contributed by atoms with Crippen LogP contribution in [-0.4, -0.2) is 34.8 Å². The van der Waals surface area contributed by atoms with Gasteiger partial charge in [0.05, 0.1) is 5.69 Å². The Labute approximate surface area is 174 Å². The average molecular weight is 403 g/mol. The molecule has 0 unspecified atom stereocenters. The first kappa shape index (κ1) is 19.8. The molecule has 1 atom stereocenters. The molecule has 0 spiro atoms. The molecule has 0 saturated carbocycles. The minimum atomic E-state index is -0.462. The van der Waals surface area contributed by atoms with Crippen molar-refractivity contribution in [3.05, 3.63) is 89.4 Å². The van der Waals surface area contributed by atoms with Gasteiger partial charge in [0.25, 0.3) is 5.91 Å². The fraction of sp³-hybridized carbons (Fsp3) is 0.208. The van der Waals surface area contributed by atoms with E-state index in [0.717, 1.165) is 29.8 Å². The van der Waals surface area contributed by atoms with Crippen molar-refractivity contribution >= 4 is 11.8 Å². The first-order valence-electron chi connectivity index (χ1n) is 9.93. The van der Waals surface area contributed by atoms with Crippen LogP contribution < -0.4 is 5.73 Å². The van der Waals surface area contributed by atoms with Crippen LogP contribution in [0.15, 0.2) is 66.7 Å². The summed E-state index contributed by atoms with van der Waals surface area (Å²) in [5.41, 5.74) is 8.90. The van der Waals surface area contributed by atoms with Gasteiger partial charge in [-0.2, -0.15) is 0 Å². The van der Waals surface area contributed by atoms with E-state index in [1.54, 1.807) is 12.1 Å². The molecule has 3 aromatic rings. The van der Waals surface area contributed by atoms with Gasteiger partial charge in [-0.15, -0.1) is 0 Å². The highest BCUT2D eigenvalue weighted by Crippen LogP contribution is 2.28. The lowest BCUT2D eigenvalue weighted by molar-refractivity contribution is 0.0705. The summed E-state index contributed by atoms with van der Waals surface area (Å²) >= 11 is 0. The molecule has 152 valence electrons. The van der Waals surface area contributed by atoms with E-state index in [9.17, 15) is 14.0 Å². The minimum absolute atomic E-state index is 0.0853. The summed E-state index contributed by atoms with van der Waals surface area (Å²) in [6.07, 6.45) is 1.83. The van der Waals surface area contributed by atoms with Gasteiger partial charge < -0.3 is 10.6 Å². The highest BCUT2D eigenvalue weighted by Gasteiger charge is 2.26. The maximum atomic E-state index is 13.2. The highest BCUT2D eigenvalue weighted by atomic mass is 19.1. The number of carbonyl (C=O) groups excluding carboxylic acids is 2. The van der Waals surface area contributed by atoms with Crippen LogP contribution in [0.25, 0.3) is 11.3 Å². The van der Waals surface area contributed by atoms with E-state index in [1.807, 2.05) is 35.2 Å². The Bertz CT molecular complexity index is 1060. The van der Waals surface area contributed by atoms with Crippen LogP contribution in [0.3, 0.4) is 0 Å². The third-order valence-electron chi connectivity index (χ3n) is 5.45. The average Bonchev–Trinajstić information content (AvgIpc) is 2.79. The maximum Gasteiger partial charge on any atom is 0.253 e. The number of primary amides is 1. The topological polar surface area (TPSA) is 76.3 Å². The zero-order valence-corrected chi connectivity index (χ0v) is 16.4. The van der Waals surface area contributed by atoms with Gasteiger partial charge in [-0.1, -0.05) is 18.2 Å². The lowest BCUT2D eigenvalue weighted by Gasteiger charge is -2.32. The first-order chi connectivity index (χ1) is 14.5. The van der Waals surface area contributed by atoms with E-state index in [2.05, 4.69) is 0 Å². The molecule has 2 heterocycles. The van der Waals surface area contributed by atoms with Gasteiger partial charge in [-0.3, -0.25) is 14.6 Å². The molecule has 2 N–H and O–H groups in total. The number of aromatic nitrogens is 1. The van der Waals surface area contributed by atoms with Crippen molar-refractivity contribution < 1.29 is 14.0 Å². The lowest BCUT2D eigenvalue weighted by atomic mass is 9.93. The number of carbonyl (C=O) groups is 2. The van der Waals surface area contributed by atoms with Crippen LogP contribution in [0.2, 0.25) is 0 Å². The van der Waals surface area contributed by atoms with Gasteiger partial charge in [0.15, 0.2) is 0 Å². The molecule has 1 saturated heterocycles. The molecule has 5 nitrogen and oxygen atoms in total. The van der Waals surface area contributed by atoms with Crippen LogP contribution >= 0.6 is 0 Å². The first-order valence-corrected chi connectivity index (χ1v) is 9.93. The summed E-state index contributed by atoms with van der Waals surface area (Å²) in [6, 6.07) is 18.6. The number of halogens is 1. The number of piperidine rings is 1. The van der Waals surface area contributed by atoms with Crippen molar-refractivity contribution in [1.82, 2.24) is 9.88 Å². The molecule has 6 heteroatoms. The summed E-state index contributed by atoms with van der Waals surface area (Å²) in [4.78, 5) is 30.7. The molecule has 30 heavy (non-hydrogen) atoms. The van der Waals surface area contributed by atoms with Gasteiger partial charge in [0.2, 0.25) is 5.91 Å². The molecule has 1 aromatic heterocycles. The molecule has 1 fully saturated rings. The van der Waals surface area contributed by atoms with Crippen molar-refractivity contribution in [3.63, 3.8) is 0 Å². The number of benzene rings is 2. The molecule has 4 rings (SSSR count). The van der Waals surface area contributed by atoms with Crippen LogP contribution in [0, 0.1) is 5.82 Å². The molecule has 1 aliphatic heterocycles. The zero-order valence-electron chi connectivity index (χ0n) is 16.4. The zero-order chi connectivity index (χ0) is 21.1. The monoisotopic (exact) mass is 403 g/mol. The number of hydrogen-bond acceptors (Lipinski definition) is 3. The van der Waals surface area contributed by atoms with Crippen LogP contribution in [0.4, 0.5) is 4.39 Å². The smallest absolute Gasteiger partial charge is 0.253 e. The Kier molecular flexibility index (Phi) is 5.57. The van der Waals surface area contributed by atoms with Crippen molar-refractivity contribution in [2.24, 2.45) is 5.73 Å². The number of nitrogens with two attached hydrogens (primary N) is 1. The Morgan fingerprint density at radius 3 is 2.37 bits per heavy atom. The van der Waals surface area contributed by atoms with Crippen molar-refractivity contribution in [2.45, 2.75) is 18.8 Å². The Morgan fingerprint density at radius 2 is 1.67 bits per heavy atom. The number of rotatable bonds is 4. The van der Waals surface area contributed by atoms with Crippen LogP contribution in [0.5, 0.6) is 0 Å². The van der Waals surface area contributed by atoms with Gasteiger partial charge in [0, 0.05) is 41.4 Å². The summed E-state index contributed by atoms with van der Waals surface area (Å²) in [5, 5.41) is 0. The van der Waals surface area contributed by atoms with E-state index in [-0.39, 0.29) is 17.6 Å². The molecular weight excluding hydrogens is 381 g/mol. The predicted octanol–water partition coefficient (Wildman–Crippen LogP) is 4.01. The summed E-state index contributed by atoms with van der Waals surface area (Å²) < 4.78 is 13.2. The molecule has 0 radical (unpaired) electrons. The van der Waals surface area contributed by atoms with Gasteiger partial charge >= 0.3 is 0 Å². The number of hydrogen-bond donors (Lipinski definition) is 1. The molecule has 1 aliphatic rings. The largest absolute Gasteiger partial charge is 0.366 e. The summed E-state index contributed by atoms with van der Waals surface area (Å²) in [6.45, 7) is 1.26. The molecule has 2 amide bonds. The van der Waals surface area contributed by atoms with E-state index >= 15 is 0 Å². The second-order valence-electron chi connectivity index (χ2n) is 7.49. The summed E-state index contributed by atoms with van der Waals surface area (Å²) in [7, 11) is 0. The number of nitrogens with zero attached hydrogens (tertiary/aromatic N) is 2.